The number of carbonyl (C=O) groups is 1. The molecule has 0 amide bonds. The molecule has 4 rings (SSSR count). The summed E-state index contributed by atoms with van der Waals surface area (Å²) in [6.07, 6.45) is 19.6. The van der Waals surface area contributed by atoms with Gasteiger partial charge in [-0.1, -0.05) is 90.4 Å². The number of Topliss-reactive ketones (excluding diaryl/α,β-unsaturated/α-hetero) is 1. The third-order valence-corrected chi connectivity index (χ3v) is 9.29. The Labute approximate surface area is 319 Å². The van der Waals surface area contributed by atoms with Gasteiger partial charge in [0.15, 0.2) is 98.9 Å². The molecule has 0 aromatic heterocycles. The van der Waals surface area contributed by atoms with E-state index in [2.05, 4.69) is 17.2 Å². The fraction of sp³-hybridized carbons (Fsp3) is 0.474. The fourth-order valence-electron chi connectivity index (χ4n) is 6.24. The molecule has 0 saturated heterocycles. The number of ketones is 1. The molecular formula is C38H38BF15N2O. The molecule has 3 nitrogen and oxygen atoms in total. The van der Waals surface area contributed by atoms with Crippen LogP contribution in [0.3, 0.4) is 0 Å². The molecule has 19 heteroatoms. The predicted molar refractivity (Wildman–Crippen MR) is 184 cm³/mol. The van der Waals surface area contributed by atoms with Crippen molar-refractivity contribution in [3.05, 3.63) is 87.3 Å². The normalized spacial score (nSPS) is 12.4. The van der Waals surface area contributed by atoms with Gasteiger partial charge in [0.1, 0.15) is 0 Å². The van der Waals surface area contributed by atoms with Gasteiger partial charge in [0.25, 0.3) is 6.71 Å². The van der Waals surface area contributed by atoms with Crippen molar-refractivity contribution in [3.63, 3.8) is 0 Å². The third kappa shape index (κ3) is 11.3. The molecule has 314 valence electrons. The van der Waals surface area contributed by atoms with Crippen LogP contribution in [0.2, 0.25) is 0 Å². The van der Waals surface area contributed by atoms with Gasteiger partial charge in [0.2, 0.25) is 0 Å². The predicted octanol–water partition coefficient (Wildman–Crippen LogP) is 9.72. The zero-order valence-corrected chi connectivity index (χ0v) is 30.6. The Morgan fingerprint density at radius 1 is 0.439 bits per heavy atom. The van der Waals surface area contributed by atoms with Gasteiger partial charge in [0.05, 0.1) is 6.54 Å². The lowest BCUT2D eigenvalue weighted by atomic mass is 9.36. The third-order valence-electron chi connectivity index (χ3n) is 9.29. The Balaban J connectivity index is 0.000000331. The highest BCUT2D eigenvalue weighted by molar-refractivity contribution is 6.95. The average molecular weight is 835 g/mol. The zero-order chi connectivity index (χ0) is 42.6. The van der Waals surface area contributed by atoms with Crippen molar-refractivity contribution in [2.24, 2.45) is 4.99 Å². The van der Waals surface area contributed by atoms with Gasteiger partial charge in [-0.15, -0.1) is 0 Å². The number of nitrogens with one attached hydrogen (secondary N) is 1. The summed E-state index contributed by atoms with van der Waals surface area (Å²) in [6.45, 7) is -0.0853. The van der Waals surface area contributed by atoms with Crippen LogP contribution in [0.1, 0.15) is 103 Å². The molecule has 57 heavy (non-hydrogen) atoms. The van der Waals surface area contributed by atoms with E-state index < -0.39 is 110 Å². The maximum Gasteiger partial charge on any atom is 0.265 e. The summed E-state index contributed by atoms with van der Waals surface area (Å²) in [5.41, 5.74) is -8.03. The van der Waals surface area contributed by atoms with Crippen molar-refractivity contribution in [1.29, 1.82) is 0 Å². The van der Waals surface area contributed by atoms with Crippen molar-refractivity contribution in [2.45, 2.75) is 103 Å². The van der Waals surface area contributed by atoms with Crippen LogP contribution in [0.5, 0.6) is 0 Å². The zero-order valence-electron chi connectivity index (χ0n) is 30.6. The van der Waals surface area contributed by atoms with E-state index in [1.165, 1.54) is 83.5 Å². The van der Waals surface area contributed by atoms with E-state index in [1.807, 2.05) is 0 Å². The minimum atomic E-state index is -3.96. The molecule has 0 radical (unpaired) electrons. The second-order valence-electron chi connectivity index (χ2n) is 13.3. The van der Waals surface area contributed by atoms with Gasteiger partial charge in [0, 0.05) is 29.4 Å². The summed E-state index contributed by atoms with van der Waals surface area (Å²) in [5.74, 6) is -44.4. The van der Waals surface area contributed by atoms with Crippen molar-refractivity contribution >= 4 is 34.7 Å². The Kier molecular flexibility index (Phi) is 18.3. The smallest absolute Gasteiger partial charge is 0.265 e. The SMILES string of the molecule is CCCCCCCCCCCCCCCCC(=O)C1=NCCN1.Fc1c(F)c(F)c(B(c2c(F)c(F)c(F)c(F)c2F)c2c(F)c(F)c(F)c(F)c2F)c(F)c1F. The van der Waals surface area contributed by atoms with Crippen molar-refractivity contribution in [1.82, 2.24) is 5.32 Å². The van der Waals surface area contributed by atoms with E-state index in [0.717, 1.165) is 19.5 Å². The minimum Gasteiger partial charge on any atom is -0.366 e. The summed E-state index contributed by atoms with van der Waals surface area (Å²) < 4.78 is 209. The Hall–Kier alpha value is -4.19. The minimum absolute atomic E-state index is 0.210. The van der Waals surface area contributed by atoms with Crippen LogP contribution in [0.25, 0.3) is 0 Å². The van der Waals surface area contributed by atoms with E-state index >= 15 is 0 Å². The number of benzene rings is 3. The molecule has 3 aromatic carbocycles. The van der Waals surface area contributed by atoms with Crippen LogP contribution < -0.4 is 21.7 Å². The van der Waals surface area contributed by atoms with Crippen molar-refractivity contribution < 1.29 is 70.7 Å². The first kappa shape index (κ1) is 47.2. The van der Waals surface area contributed by atoms with Gasteiger partial charge < -0.3 is 5.32 Å². The number of rotatable bonds is 19. The molecular weight excluding hydrogens is 796 g/mol. The molecule has 1 N–H and O–H groups in total. The number of nitrogens with zero attached hydrogens (tertiary/aromatic N) is 1. The molecule has 3 aromatic rings. The van der Waals surface area contributed by atoms with Crippen LogP contribution >= 0.6 is 0 Å². The number of aliphatic imine (C=N–C) groups is 1. The highest BCUT2D eigenvalue weighted by atomic mass is 19.2. The average Bonchev–Trinajstić information content (AvgIpc) is 3.75. The number of amidine groups is 1. The van der Waals surface area contributed by atoms with E-state index in [9.17, 15) is 70.7 Å². The molecule has 1 heterocycles. The highest BCUT2D eigenvalue weighted by Crippen LogP contribution is 2.24. The lowest BCUT2D eigenvalue weighted by molar-refractivity contribution is -0.113. The van der Waals surface area contributed by atoms with Crippen LogP contribution in [-0.2, 0) is 4.79 Å². The molecule has 0 saturated carbocycles. The second-order valence-corrected chi connectivity index (χ2v) is 13.3. The van der Waals surface area contributed by atoms with Crippen LogP contribution in [0.15, 0.2) is 4.99 Å². The van der Waals surface area contributed by atoms with E-state index in [0.29, 0.717) is 12.3 Å². The maximum absolute atomic E-state index is 14.4. The van der Waals surface area contributed by atoms with Crippen LogP contribution in [0, 0.1) is 87.3 Å². The summed E-state index contributed by atoms with van der Waals surface area (Å²) in [4.78, 5) is 15.9. The molecule has 1 aliphatic heterocycles. The Bertz CT molecular complexity index is 1670. The largest absolute Gasteiger partial charge is 0.366 e. The number of hydrogen-bond donors (Lipinski definition) is 1. The molecule has 0 atom stereocenters. The molecule has 0 unspecified atom stereocenters. The summed E-state index contributed by atoms with van der Waals surface area (Å²) in [5, 5.41) is 3.06. The van der Waals surface area contributed by atoms with Gasteiger partial charge in [-0.05, 0) is 6.42 Å². The van der Waals surface area contributed by atoms with Gasteiger partial charge in [-0.25, -0.2) is 65.9 Å². The van der Waals surface area contributed by atoms with E-state index in [1.54, 1.807) is 0 Å². The highest BCUT2D eigenvalue weighted by Gasteiger charge is 2.45. The lowest BCUT2D eigenvalue weighted by Gasteiger charge is -2.21. The summed E-state index contributed by atoms with van der Waals surface area (Å²) in [7, 11) is 0. The van der Waals surface area contributed by atoms with Gasteiger partial charge in [-0.2, -0.15) is 0 Å². The first-order valence-corrected chi connectivity index (χ1v) is 18.4. The van der Waals surface area contributed by atoms with Crippen molar-refractivity contribution in [2.75, 3.05) is 13.1 Å². The van der Waals surface area contributed by atoms with Gasteiger partial charge in [-0.3, -0.25) is 9.79 Å². The molecule has 1 aliphatic rings. The topological polar surface area (TPSA) is 41.5 Å². The summed E-state index contributed by atoms with van der Waals surface area (Å²) >= 11 is 0. The monoisotopic (exact) mass is 834 g/mol. The summed E-state index contributed by atoms with van der Waals surface area (Å²) in [6, 6.07) is 0. The molecule has 0 spiro atoms. The molecule has 0 bridgehead atoms. The van der Waals surface area contributed by atoms with Gasteiger partial charge >= 0.3 is 0 Å². The first-order chi connectivity index (χ1) is 27.0. The molecule has 0 aliphatic carbocycles. The van der Waals surface area contributed by atoms with E-state index in [4.69, 9.17) is 0 Å². The number of hydrogen-bond acceptors (Lipinski definition) is 3. The Morgan fingerprint density at radius 2 is 0.702 bits per heavy atom. The number of carbonyl (C=O) groups excluding carboxylic acids is 1. The standard InChI is InChI=1S/C20H38N2O.C18BF15/c1-2-3-4-5-6-7-8-9-10-11-12-13-14-15-16-19(23)20-21-17-18-22-20;20-4-1(5(21)11(27)16(32)10(4)26)19(2-6(22)12(28)17(33)13(29)7(2)23)3-8(24)14(30)18(34)15(31)9(3)25/h2-18H2,1H3,(H,21,22);. The quantitative estimate of drug-likeness (QED) is 0.0430. The second kappa shape index (κ2) is 22.1. The Morgan fingerprint density at radius 3 is 0.965 bits per heavy atom. The first-order valence-electron chi connectivity index (χ1n) is 18.4. The maximum atomic E-state index is 14.4. The molecule has 0 fully saturated rings. The van der Waals surface area contributed by atoms with Crippen LogP contribution in [-0.4, -0.2) is 31.4 Å². The number of halogens is 15. The van der Waals surface area contributed by atoms with Crippen molar-refractivity contribution in [3.8, 4) is 0 Å². The van der Waals surface area contributed by atoms with E-state index in [-0.39, 0.29) is 5.78 Å². The fourth-order valence-corrected chi connectivity index (χ4v) is 6.24. The number of unbranched alkanes of at least 4 members (excludes halogenated alkanes) is 13. The lowest BCUT2D eigenvalue weighted by Crippen LogP contribution is -2.60. The van der Waals surface area contributed by atoms with Crippen LogP contribution in [0.4, 0.5) is 65.9 Å².